The first-order chi connectivity index (χ1) is 7.65. The highest BCUT2D eigenvalue weighted by atomic mass is 16.5. The Morgan fingerprint density at radius 3 is 2.94 bits per heavy atom. The summed E-state index contributed by atoms with van der Waals surface area (Å²) >= 11 is 0. The number of aromatic amines is 1. The average Bonchev–Trinajstić information content (AvgIpc) is 2.67. The van der Waals surface area contributed by atoms with E-state index in [1.807, 2.05) is 6.92 Å². The molecule has 2 heterocycles. The van der Waals surface area contributed by atoms with E-state index in [2.05, 4.69) is 9.97 Å². The van der Waals surface area contributed by atoms with Crippen molar-refractivity contribution in [1.29, 1.82) is 0 Å². The van der Waals surface area contributed by atoms with Crippen LogP contribution in [0.3, 0.4) is 0 Å². The standard InChI is InChI=1S/C9H12N4O3/c1-3-16-5-13-4-10-7-6(13)8(14)11-9(15)12(7)2/h4H,3,5H2,1-2H3,(H,11,14,15). The van der Waals surface area contributed by atoms with Crippen molar-refractivity contribution in [3.63, 3.8) is 0 Å². The number of aryl methyl sites for hydroxylation is 1. The van der Waals surface area contributed by atoms with Crippen LogP contribution < -0.4 is 11.2 Å². The number of fused-ring (bicyclic) bond motifs is 1. The van der Waals surface area contributed by atoms with Crippen molar-refractivity contribution in [1.82, 2.24) is 19.1 Å². The molecule has 0 unspecified atom stereocenters. The van der Waals surface area contributed by atoms with Crippen LogP contribution in [0.4, 0.5) is 0 Å². The fourth-order valence-electron chi connectivity index (χ4n) is 1.47. The van der Waals surface area contributed by atoms with E-state index in [4.69, 9.17) is 4.74 Å². The summed E-state index contributed by atoms with van der Waals surface area (Å²) in [7, 11) is 1.55. The molecule has 0 fully saturated rings. The zero-order chi connectivity index (χ0) is 11.7. The molecule has 1 N–H and O–H groups in total. The molecule has 7 nitrogen and oxygen atoms in total. The van der Waals surface area contributed by atoms with Crippen LogP contribution in [0, 0.1) is 0 Å². The van der Waals surface area contributed by atoms with Gasteiger partial charge in [0.1, 0.15) is 6.73 Å². The molecule has 2 aromatic heterocycles. The van der Waals surface area contributed by atoms with Gasteiger partial charge in [-0.25, -0.2) is 9.78 Å². The van der Waals surface area contributed by atoms with Crippen molar-refractivity contribution in [2.24, 2.45) is 7.05 Å². The Morgan fingerprint density at radius 1 is 1.50 bits per heavy atom. The fraction of sp³-hybridized carbons (Fsp3) is 0.444. The summed E-state index contributed by atoms with van der Waals surface area (Å²) in [4.78, 5) is 29.2. The zero-order valence-corrected chi connectivity index (χ0v) is 9.06. The molecule has 16 heavy (non-hydrogen) atoms. The van der Waals surface area contributed by atoms with Crippen molar-refractivity contribution < 1.29 is 4.74 Å². The zero-order valence-electron chi connectivity index (χ0n) is 9.06. The summed E-state index contributed by atoms with van der Waals surface area (Å²) in [5.74, 6) is 0. The van der Waals surface area contributed by atoms with E-state index in [9.17, 15) is 9.59 Å². The Bertz CT molecular complexity index is 622. The molecule has 86 valence electrons. The molecular weight excluding hydrogens is 212 g/mol. The van der Waals surface area contributed by atoms with Crippen LogP contribution in [0.1, 0.15) is 6.92 Å². The van der Waals surface area contributed by atoms with E-state index in [1.54, 1.807) is 11.6 Å². The average molecular weight is 224 g/mol. The number of aromatic nitrogens is 4. The van der Waals surface area contributed by atoms with Gasteiger partial charge < -0.3 is 9.30 Å². The predicted octanol–water partition coefficient (Wildman–Crippen LogP) is -0.583. The molecule has 0 saturated heterocycles. The van der Waals surface area contributed by atoms with Crippen molar-refractivity contribution in [3.8, 4) is 0 Å². The molecule has 0 bridgehead atoms. The van der Waals surface area contributed by atoms with Gasteiger partial charge in [0.2, 0.25) is 0 Å². The molecule has 0 aliphatic heterocycles. The number of hydrogen-bond acceptors (Lipinski definition) is 4. The van der Waals surface area contributed by atoms with Crippen molar-refractivity contribution in [2.45, 2.75) is 13.7 Å². The van der Waals surface area contributed by atoms with Crippen molar-refractivity contribution in [3.05, 3.63) is 27.2 Å². The number of imidazole rings is 1. The van der Waals surface area contributed by atoms with Crippen molar-refractivity contribution >= 4 is 11.2 Å². The van der Waals surface area contributed by atoms with Gasteiger partial charge in [-0.05, 0) is 6.92 Å². The van der Waals surface area contributed by atoms with Gasteiger partial charge in [0.05, 0.1) is 6.33 Å². The minimum Gasteiger partial charge on any atom is -0.361 e. The quantitative estimate of drug-likeness (QED) is 0.756. The smallest absolute Gasteiger partial charge is 0.329 e. The van der Waals surface area contributed by atoms with Gasteiger partial charge in [-0.3, -0.25) is 14.3 Å². The van der Waals surface area contributed by atoms with E-state index in [1.165, 1.54) is 10.9 Å². The summed E-state index contributed by atoms with van der Waals surface area (Å²) in [6.07, 6.45) is 1.48. The van der Waals surface area contributed by atoms with Gasteiger partial charge in [-0.1, -0.05) is 0 Å². The lowest BCUT2D eigenvalue weighted by molar-refractivity contribution is 0.0903. The summed E-state index contributed by atoms with van der Waals surface area (Å²) < 4.78 is 8.05. The minimum absolute atomic E-state index is 0.244. The lowest BCUT2D eigenvalue weighted by Crippen LogP contribution is -2.29. The van der Waals surface area contributed by atoms with Gasteiger partial charge in [-0.15, -0.1) is 0 Å². The molecule has 0 aliphatic carbocycles. The summed E-state index contributed by atoms with van der Waals surface area (Å²) in [6, 6.07) is 0. The topological polar surface area (TPSA) is 81.9 Å². The monoisotopic (exact) mass is 224 g/mol. The SMILES string of the molecule is CCOCn1cnc2c1c(=O)[nH]c(=O)n2C. The van der Waals surface area contributed by atoms with Gasteiger partial charge >= 0.3 is 5.69 Å². The van der Waals surface area contributed by atoms with E-state index in [0.29, 0.717) is 17.8 Å². The molecule has 0 atom stereocenters. The first-order valence-electron chi connectivity index (χ1n) is 4.87. The second-order valence-corrected chi connectivity index (χ2v) is 3.33. The maximum Gasteiger partial charge on any atom is 0.329 e. The maximum absolute atomic E-state index is 11.6. The number of hydrogen-bond donors (Lipinski definition) is 1. The van der Waals surface area contributed by atoms with E-state index < -0.39 is 11.2 Å². The molecule has 2 aromatic rings. The highest BCUT2D eigenvalue weighted by Crippen LogP contribution is 2.04. The van der Waals surface area contributed by atoms with E-state index in [-0.39, 0.29) is 6.73 Å². The Kier molecular flexibility index (Phi) is 2.61. The van der Waals surface area contributed by atoms with Crippen LogP contribution in [-0.4, -0.2) is 25.7 Å². The van der Waals surface area contributed by atoms with Crippen LogP contribution in [0.2, 0.25) is 0 Å². The van der Waals surface area contributed by atoms with Crippen molar-refractivity contribution in [2.75, 3.05) is 6.61 Å². The molecule has 2 rings (SSSR count). The van der Waals surface area contributed by atoms with E-state index >= 15 is 0 Å². The third-order valence-electron chi connectivity index (χ3n) is 2.31. The highest BCUT2D eigenvalue weighted by molar-refractivity contribution is 5.69. The number of ether oxygens (including phenoxy) is 1. The van der Waals surface area contributed by atoms with Crippen LogP contribution in [0.5, 0.6) is 0 Å². The molecule has 0 spiro atoms. The Balaban J connectivity index is 2.68. The lowest BCUT2D eigenvalue weighted by Gasteiger charge is -2.03. The number of H-pyrrole nitrogens is 1. The normalized spacial score (nSPS) is 11.1. The molecule has 0 amide bonds. The molecule has 0 aliphatic rings. The van der Waals surface area contributed by atoms with Gasteiger partial charge in [0.25, 0.3) is 5.56 Å². The summed E-state index contributed by atoms with van der Waals surface area (Å²) in [6.45, 7) is 2.65. The van der Waals surface area contributed by atoms with Crippen LogP contribution in [-0.2, 0) is 18.5 Å². The molecule has 0 aromatic carbocycles. The molecule has 0 radical (unpaired) electrons. The predicted molar refractivity (Wildman–Crippen MR) is 57.2 cm³/mol. The van der Waals surface area contributed by atoms with Gasteiger partial charge in [-0.2, -0.15) is 0 Å². The van der Waals surface area contributed by atoms with Gasteiger partial charge in [0.15, 0.2) is 11.2 Å². The second-order valence-electron chi connectivity index (χ2n) is 3.33. The van der Waals surface area contributed by atoms with Crippen LogP contribution in [0.25, 0.3) is 11.2 Å². The molecular formula is C9H12N4O3. The van der Waals surface area contributed by atoms with Crippen LogP contribution in [0.15, 0.2) is 15.9 Å². The third-order valence-corrected chi connectivity index (χ3v) is 2.31. The Morgan fingerprint density at radius 2 is 2.25 bits per heavy atom. The number of nitrogens with one attached hydrogen (secondary N) is 1. The highest BCUT2D eigenvalue weighted by Gasteiger charge is 2.10. The molecule has 7 heteroatoms. The second kappa shape index (κ2) is 3.93. The Labute approximate surface area is 90.3 Å². The fourth-order valence-corrected chi connectivity index (χ4v) is 1.47. The number of rotatable bonds is 3. The minimum atomic E-state index is -0.473. The number of nitrogens with zero attached hydrogens (tertiary/aromatic N) is 3. The summed E-state index contributed by atoms with van der Waals surface area (Å²) in [5.41, 5.74) is -0.224. The first kappa shape index (κ1) is 10.6. The van der Waals surface area contributed by atoms with Crippen LogP contribution >= 0.6 is 0 Å². The lowest BCUT2D eigenvalue weighted by atomic mass is 10.5. The van der Waals surface area contributed by atoms with E-state index in [0.717, 1.165) is 0 Å². The molecule has 0 saturated carbocycles. The third kappa shape index (κ3) is 1.54. The maximum atomic E-state index is 11.6. The summed E-state index contributed by atoms with van der Waals surface area (Å²) in [5, 5.41) is 0. The first-order valence-corrected chi connectivity index (χ1v) is 4.87. The Hall–Kier alpha value is -1.89. The largest absolute Gasteiger partial charge is 0.361 e. The van der Waals surface area contributed by atoms with Gasteiger partial charge in [0, 0.05) is 13.7 Å².